The minimum atomic E-state index is -0.999. The third kappa shape index (κ3) is 3.04. The van der Waals surface area contributed by atoms with Crippen LogP contribution in [0.3, 0.4) is 0 Å². The van der Waals surface area contributed by atoms with Crippen molar-refractivity contribution in [1.29, 1.82) is 0 Å². The molecule has 0 saturated heterocycles. The zero-order valence-electron chi connectivity index (χ0n) is 11.8. The van der Waals surface area contributed by atoms with E-state index >= 15 is 0 Å². The summed E-state index contributed by atoms with van der Waals surface area (Å²) in [7, 11) is 0. The highest BCUT2D eigenvalue weighted by Gasteiger charge is 2.31. The van der Waals surface area contributed by atoms with Crippen LogP contribution in [0.25, 0.3) is 5.57 Å². The third-order valence-corrected chi connectivity index (χ3v) is 3.35. The van der Waals surface area contributed by atoms with Gasteiger partial charge in [-0.3, -0.25) is 9.59 Å². The first-order valence-corrected chi connectivity index (χ1v) is 6.52. The molecule has 112 valence electrons. The number of nitrogens with zero attached hydrogens (tertiary/aromatic N) is 1. The van der Waals surface area contributed by atoms with E-state index in [9.17, 15) is 14.0 Å². The summed E-state index contributed by atoms with van der Waals surface area (Å²) >= 11 is 0. The first-order chi connectivity index (χ1) is 9.91. The topological polar surface area (TPSA) is 66.8 Å². The van der Waals surface area contributed by atoms with E-state index in [2.05, 4.69) is 0 Å². The molecule has 1 aromatic carbocycles. The standard InChI is InChI=1S/C15H16FNO4/c1-9(15(19)20)7-17-8-21-10(2)13(14(17)18)11-5-3-4-6-12(11)16/h3-6,9H,7-8H2,1-2H3,(H,19,20). The number of rotatable bonds is 4. The highest BCUT2D eigenvalue weighted by atomic mass is 19.1. The van der Waals surface area contributed by atoms with Crippen LogP contribution >= 0.6 is 0 Å². The second kappa shape index (κ2) is 5.95. The van der Waals surface area contributed by atoms with Crippen LogP contribution in [0.4, 0.5) is 4.39 Å². The van der Waals surface area contributed by atoms with Gasteiger partial charge in [0.1, 0.15) is 11.6 Å². The molecule has 1 N–H and O–H groups in total. The molecule has 6 heteroatoms. The Morgan fingerprint density at radius 1 is 1.48 bits per heavy atom. The van der Waals surface area contributed by atoms with Gasteiger partial charge < -0.3 is 14.7 Å². The molecule has 5 nitrogen and oxygen atoms in total. The van der Waals surface area contributed by atoms with Gasteiger partial charge in [-0.25, -0.2) is 4.39 Å². The molecule has 0 bridgehead atoms. The summed E-state index contributed by atoms with van der Waals surface area (Å²) in [6.45, 7) is 3.08. The van der Waals surface area contributed by atoms with E-state index in [1.54, 1.807) is 13.0 Å². The van der Waals surface area contributed by atoms with E-state index in [-0.39, 0.29) is 24.4 Å². The number of aliphatic carboxylic acids is 1. The monoisotopic (exact) mass is 293 g/mol. The number of carbonyl (C=O) groups excluding carboxylic acids is 1. The lowest BCUT2D eigenvalue weighted by Gasteiger charge is -2.31. The number of amides is 1. The molecule has 0 radical (unpaired) electrons. The Balaban J connectivity index is 2.31. The molecule has 0 aliphatic carbocycles. The number of halogens is 1. The number of hydrogen-bond donors (Lipinski definition) is 1. The van der Waals surface area contributed by atoms with Crippen molar-refractivity contribution < 1.29 is 23.8 Å². The highest BCUT2D eigenvalue weighted by Crippen LogP contribution is 2.28. The van der Waals surface area contributed by atoms with Crippen LogP contribution in [0, 0.1) is 11.7 Å². The fourth-order valence-corrected chi connectivity index (χ4v) is 2.13. The molecule has 1 aliphatic rings. The summed E-state index contributed by atoms with van der Waals surface area (Å²) in [5.74, 6) is -2.32. The number of hydrogen-bond acceptors (Lipinski definition) is 3. The molecule has 0 saturated carbocycles. The van der Waals surface area contributed by atoms with Crippen LogP contribution < -0.4 is 0 Å². The molecule has 1 unspecified atom stereocenters. The molecule has 2 rings (SSSR count). The molecular formula is C15H16FNO4. The van der Waals surface area contributed by atoms with Crippen molar-refractivity contribution in [2.75, 3.05) is 13.3 Å². The Bertz CT molecular complexity index is 611. The van der Waals surface area contributed by atoms with Crippen LogP contribution in [0.1, 0.15) is 19.4 Å². The number of carbonyl (C=O) groups is 2. The molecular weight excluding hydrogens is 277 g/mol. The molecule has 0 spiro atoms. The number of carboxylic acid groups (broad SMARTS) is 1. The first kappa shape index (κ1) is 15.0. The van der Waals surface area contributed by atoms with Gasteiger partial charge in [-0.1, -0.05) is 25.1 Å². The maximum atomic E-state index is 13.9. The smallest absolute Gasteiger partial charge is 0.308 e. The van der Waals surface area contributed by atoms with E-state index < -0.39 is 23.6 Å². The third-order valence-electron chi connectivity index (χ3n) is 3.35. The SMILES string of the molecule is CC1=C(c2ccccc2F)C(=O)N(CC(C)C(=O)O)CO1. The summed E-state index contributed by atoms with van der Waals surface area (Å²) in [5.41, 5.74) is 0.296. The van der Waals surface area contributed by atoms with Gasteiger partial charge in [0.05, 0.1) is 11.5 Å². The fourth-order valence-electron chi connectivity index (χ4n) is 2.13. The predicted molar refractivity (Wildman–Crippen MR) is 73.5 cm³/mol. The number of ether oxygens (including phenoxy) is 1. The van der Waals surface area contributed by atoms with Crippen molar-refractivity contribution in [3.8, 4) is 0 Å². The summed E-state index contributed by atoms with van der Waals surface area (Å²) in [6, 6.07) is 5.93. The van der Waals surface area contributed by atoms with Crippen LogP contribution in [0.2, 0.25) is 0 Å². The molecule has 1 aromatic rings. The van der Waals surface area contributed by atoms with Crippen molar-refractivity contribution in [2.45, 2.75) is 13.8 Å². The van der Waals surface area contributed by atoms with Gasteiger partial charge in [0.25, 0.3) is 5.91 Å². The first-order valence-electron chi connectivity index (χ1n) is 6.52. The van der Waals surface area contributed by atoms with Gasteiger partial charge in [-0.15, -0.1) is 0 Å². The van der Waals surface area contributed by atoms with E-state index in [0.717, 1.165) is 0 Å². The quantitative estimate of drug-likeness (QED) is 0.923. The Kier molecular flexibility index (Phi) is 4.26. The number of benzene rings is 1. The minimum absolute atomic E-state index is 0.0133. The van der Waals surface area contributed by atoms with Crippen LogP contribution in [-0.2, 0) is 14.3 Å². The van der Waals surface area contributed by atoms with Crippen LogP contribution in [0.15, 0.2) is 30.0 Å². The average Bonchev–Trinajstić information content (AvgIpc) is 2.44. The van der Waals surface area contributed by atoms with Gasteiger partial charge in [0.15, 0.2) is 6.73 Å². The van der Waals surface area contributed by atoms with Gasteiger partial charge in [-0.2, -0.15) is 0 Å². The molecule has 21 heavy (non-hydrogen) atoms. The zero-order valence-corrected chi connectivity index (χ0v) is 11.8. The summed E-state index contributed by atoms with van der Waals surface area (Å²) in [6.07, 6.45) is 0. The average molecular weight is 293 g/mol. The van der Waals surface area contributed by atoms with E-state index in [1.807, 2.05) is 0 Å². The van der Waals surface area contributed by atoms with Gasteiger partial charge in [0, 0.05) is 12.1 Å². The fraction of sp³-hybridized carbons (Fsp3) is 0.333. The molecule has 1 atom stereocenters. The van der Waals surface area contributed by atoms with Crippen molar-refractivity contribution in [1.82, 2.24) is 4.90 Å². The maximum Gasteiger partial charge on any atom is 0.308 e. The molecule has 0 fully saturated rings. The van der Waals surface area contributed by atoms with Crippen molar-refractivity contribution in [3.05, 3.63) is 41.4 Å². The highest BCUT2D eigenvalue weighted by molar-refractivity contribution is 6.20. The summed E-state index contributed by atoms with van der Waals surface area (Å²) in [5, 5.41) is 8.93. The molecule has 1 aliphatic heterocycles. The van der Waals surface area contributed by atoms with E-state index in [4.69, 9.17) is 9.84 Å². The van der Waals surface area contributed by atoms with Gasteiger partial charge in [-0.05, 0) is 13.0 Å². The number of allylic oxidation sites excluding steroid dienone is 1. The van der Waals surface area contributed by atoms with Crippen molar-refractivity contribution in [3.63, 3.8) is 0 Å². The summed E-state index contributed by atoms with van der Waals surface area (Å²) in [4.78, 5) is 24.6. The van der Waals surface area contributed by atoms with Crippen molar-refractivity contribution in [2.24, 2.45) is 5.92 Å². The lowest BCUT2D eigenvalue weighted by Crippen LogP contribution is -2.41. The minimum Gasteiger partial charge on any atom is -0.481 e. The van der Waals surface area contributed by atoms with E-state index in [1.165, 1.54) is 30.0 Å². The van der Waals surface area contributed by atoms with Crippen LogP contribution in [-0.4, -0.2) is 35.2 Å². The lowest BCUT2D eigenvalue weighted by atomic mass is 10.0. The Morgan fingerprint density at radius 3 is 2.76 bits per heavy atom. The molecule has 0 aromatic heterocycles. The molecule has 1 amide bonds. The normalized spacial score (nSPS) is 16.7. The second-order valence-corrected chi connectivity index (χ2v) is 4.95. The lowest BCUT2D eigenvalue weighted by molar-refractivity contribution is -0.143. The van der Waals surface area contributed by atoms with Gasteiger partial charge in [0.2, 0.25) is 0 Å². The van der Waals surface area contributed by atoms with E-state index in [0.29, 0.717) is 5.76 Å². The van der Waals surface area contributed by atoms with Gasteiger partial charge >= 0.3 is 5.97 Å². The predicted octanol–water partition coefficient (Wildman–Crippen LogP) is 2.09. The Morgan fingerprint density at radius 2 is 2.14 bits per heavy atom. The molecule has 1 heterocycles. The Hall–Kier alpha value is -2.37. The van der Waals surface area contributed by atoms with Crippen LogP contribution in [0.5, 0.6) is 0 Å². The zero-order chi connectivity index (χ0) is 15.6. The largest absolute Gasteiger partial charge is 0.481 e. The second-order valence-electron chi connectivity index (χ2n) is 4.95. The maximum absolute atomic E-state index is 13.9. The summed E-state index contributed by atoms with van der Waals surface area (Å²) < 4.78 is 19.3. The number of carboxylic acids is 1. The Labute approximate surface area is 121 Å². The van der Waals surface area contributed by atoms with Crippen molar-refractivity contribution >= 4 is 17.4 Å².